The van der Waals surface area contributed by atoms with E-state index in [2.05, 4.69) is 4.90 Å². The Bertz CT molecular complexity index is 113. The summed E-state index contributed by atoms with van der Waals surface area (Å²) in [5.41, 5.74) is 0. The fraction of sp³-hybridized carbons (Fsp3) is 1.00. The first-order valence-corrected chi connectivity index (χ1v) is 4.19. The van der Waals surface area contributed by atoms with Crippen LogP contribution in [0.25, 0.3) is 0 Å². The van der Waals surface area contributed by atoms with Crippen molar-refractivity contribution in [3.05, 3.63) is 0 Å². The monoisotopic (exact) mass is 197 g/mol. The Kier molecular flexibility index (Phi) is 8.87. The molecule has 0 bridgehead atoms. The molecule has 1 heterocycles. The van der Waals surface area contributed by atoms with Crippen molar-refractivity contribution >= 4 is 0 Å². The van der Waals surface area contributed by atoms with Crippen LogP contribution in [0.5, 0.6) is 0 Å². The van der Waals surface area contributed by atoms with Gasteiger partial charge in [-0.05, 0) is 25.4 Å². The van der Waals surface area contributed by atoms with Gasteiger partial charge in [0.05, 0.1) is 6.61 Å². The first-order valence-electron chi connectivity index (χ1n) is 4.19. The molecule has 0 radical (unpaired) electrons. The molecule has 4 heteroatoms. The Balaban J connectivity index is 0.00000121. The molecule has 1 aliphatic heterocycles. The molecule has 1 atom stereocenters. The number of hydrogen-bond donors (Lipinski definition) is 0. The molecule has 0 aromatic heterocycles. The SMILES string of the molecule is COCCN1CCCC1C[O-].[K+]. The number of ether oxygens (including phenoxy) is 1. The number of nitrogens with zero attached hydrogens (tertiary/aromatic N) is 1. The maximum Gasteiger partial charge on any atom is 1.00 e. The van der Waals surface area contributed by atoms with Crippen LogP contribution in [-0.4, -0.2) is 44.4 Å². The Morgan fingerprint density at radius 3 is 2.92 bits per heavy atom. The molecule has 0 aliphatic carbocycles. The van der Waals surface area contributed by atoms with Crippen molar-refractivity contribution in [2.45, 2.75) is 18.9 Å². The molecular formula is C8H16KNO2. The number of methoxy groups -OCH3 is 1. The van der Waals surface area contributed by atoms with E-state index >= 15 is 0 Å². The van der Waals surface area contributed by atoms with Crippen molar-refractivity contribution in [1.29, 1.82) is 0 Å². The van der Waals surface area contributed by atoms with Crippen molar-refractivity contribution in [2.24, 2.45) is 0 Å². The standard InChI is InChI=1S/C8H16NO2.K/c1-11-6-5-9-4-2-3-8(9)7-10;/h8H,2-7H2,1H3;/q-1;+1. The van der Waals surface area contributed by atoms with Crippen molar-refractivity contribution in [3.8, 4) is 0 Å². The molecule has 12 heavy (non-hydrogen) atoms. The average Bonchev–Trinajstić information content (AvgIpc) is 2.47. The first-order chi connectivity index (χ1) is 5.38. The van der Waals surface area contributed by atoms with Gasteiger partial charge in [-0.3, -0.25) is 4.90 Å². The minimum atomic E-state index is 0. The molecule has 1 unspecified atom stereocenters. The van der Waals surface area contributed by atoms with Crippen LogP contribution < -0.4 is 56.5 Å². The third kappa shape index (κ3) is 4.15. The summed E-state index contributed by atoms with van der Waals surface area (Å²) < 4.78 is 4.95. The van der Waals surface area contributed by atoms with E-state index in [1.807, 2.05) is 0 Å². The molecule has 1 aliphatic rings. The minimum Gasteiger partial charge on any atom is -0.853 e. The Morgan fingerprint density at radius 1 is 1.58 bits per heavy atom. The quantitative estimate of drug-likeness (QED) is 0.438. The van der Waals surface area contributed by atoms with Gasteiger partial charge in [0.2, 0.25) is 0 Å². The van der Waals surface area contributed by atoms with E-state index in [-0.39, 0.29) is 64.0 Å². The zero-order chi connectivity index (χ0) is 8.10. The summed E-state index contributed by atoms with van der Waals surface area (Å²) in [6, 6.07) is 0.283. The van der Waals surface area contributed by atoms with Gasteiger partial charge in [-0.25, -0.2) is 0 Å². The summed E-state index contributed by atoms with van der Waals surface area (Å²) in [6.45, 7) is 2.79. The maximum atomic E-state index is 10.6. The van der Waals surface area contributed by atoms with E-state index in [0.717, 1.165) is 26.1 Å². The molecule has 1 rings (SSSR count). The normalized spacial score (nSPS) is 24.0. The van der Waals surface area contributed by atoms with E-state index in [0.29, 0.717) is 0 Å². The summed E-state index contributed by atoms with van der Waals surface area (Å²) in [5, 5.41) is 10.6. The molecule has 0 amide bonds. The van der Waals surface area contributed by atoms with Crippen LogP contribution in [0.15, 0.2) is 0 Å². The van der Waals surface area contributed by atoms with Crippen LogP contribution >= 0.6 is 0 Å². The molecule has 0 saturated carbocycles. The van der Waals surface area contributed by atoms with E-state index in [1.165, 1.54) is 6.42 Å². The molecular weight excluding hydrogens is 181 g/mol. The molecule has 0 aromatic carbocycles. The predicted molar refractivity (Wildman–Crippen MR) is 41.3 cm³/mol. The summed E-state index contributed by atoms with van der Waals surface area (Å²) in [4.78, 5) is 2.23. The zero-order valence-corrected chi connectivity index (χ0v) is 11.2. The van der Waals surface area contributed by atoms with Crippen molar-refractivity contribution in [2.75, 3.05) is 33.4 Å². The predicted octanol–water partition coefficient (Wildman–Crippen LogP) is -3.54. The van der Waals surface area contributed by atoms with E-state index < -0.39 is 0 Å². The second-order valence-corrected chi connectivity index (χ2v) is 2.99. The number of likely N-dealkylation sites (tertiary alicyclic amines) is 1. The van der Waals surface area contributed by atoms with Crippen LogP contribution in [0.1, 0.15) is 12.8 Å². The number of hydrogen-bond acceptors (Lipinski definition) is 3. The van der Waals surface area contributed by atoms with Gasteiger partial charge in [-0.15, -0.1) is 6.61 Å². The van der Waals surface area contributed by atoms with Gasteiger partial charge in [0, 0.05) is 13.7 Å². The Hall–Kier alpha value is 1.52. The van der Waals surface area contributed by atoms with Crippen LogP contribution in [0.4, 0.5) is 0 Å². The fourth-order valence-corrected chi connectivity index (χ4v) is 1.59. The summed E-state index contributed by atoms with van der Waals surface area (Å²) in [7, 11) is 1.70. The average molecular weight is 197 g/mol. The largest absolute Gasteiger partial charge is 1.00 e. The molecule has 1 saturated heterocycles. The molecule has 0 N–H and O–H groups in total. The topological polar surface area (TPSA) is 35.5 Å². The minimum absolute atomic E-state index is 0. The third-order valence-corrected chi connectivity index (χ3v) is 2.27. The molecule has 0 spiro atoms. The van der Waals surface area contributed by atoms with Crippen LogP contribution in [0.2, 0.25) is 0 Å². The molecule has 66 valence electrons. The molecule has 0 aromatic rings. The van der Waals surface area contributed by atoms with Gasteiger partial charge >= 0.3 is 51.4 Å². The summed E-state index contributed by atoms with van der Waals surface area (Å²) in [5.74, 6) is 0. The summed E-state index contributed by atoms with van der Waals surface area (Å²) in [6.07, 6.45) is 2.25. The van der Waals surface area contributed by atoms with E-state index in [1.54, 1.807) is 7.11 Å². The van der Waals surface area contributed by atoms with Crippen LogP contribution in [0, 0.1) is 0 Å². The Labute approximate surface area is 117 Å². The van der Waals surface area contributed by atoms with Gasteiger partial charge in [0.1, 0.15) is 0 Å². The van der Waals surface area contributed by atoms with Crippen molar-refractivity contribution in [3.63, 3.8) is 0 Å². The van der Waals surface area contributed by atoms with Crippen LogP contribution in [-0.2, 0) is 4.74 Å². The summed E-state index contributed by atoms with van der Waals surface area (Å²) >= 11 is 0. The maximum absolute atomic E-state index is 10.6. The van der Waals surface area contributed by atoms with Crippen molar-refractivity contribution < 1.29 is 61.2 Å². The second kappa shape index (κ2) is 7.88. The molecule has 1 fully saturated rings. The van der Waals surface area contributed by atoms with E-state index in [4.69, 9.17) is 4.74 Å². The third-order valence-electron chi connectivity index (χ3n) is 2.27. The van der Waals surface area contributed by atoms with Gasteiger partial charge in [-0.2, -0.15) is 0 Å². The van der Waals surface area contributed by atoms with Crippen LogP contribution in [0.3, 0.4) is 0 Å². The van der Waals surface area contributed by atoms with Crippen molar-refractivity contribution in [1.82, 2.24) is 4.90 Å². The van der Waals surface area contributed by atoms with Gasteiger partial charge in [0.15, 0.2) is 0 Å². The fourth-order valence-electron chi connectivity index (χ4n) is 1.59. The zero-order valence-electron chi connectivity index (χ0n) is 8.08. The second-order valence-electron chi connectivity index (χ2n) is 2.99. The first kappa shape index (κ1) is 13.5. The Morgan fingerprint density at radius 2 is 2.33 bits per heavy atom. The van der Waals surface area contributed by atoms with Gasteiger partial charge in [-0.1, -0.05) is 0 Å². The number of rotatable bonds is 4. The smallest absolute Gasteiger partial charge is 0.853 e. The van der Waals surface area contributed by atoms with E-state index in [9.17, 15) is 5.11 Å². The molecule has 3 nitrogen and oxygen atoms in total. The van der Waals surface area contributed by atoms with Gasteiger partial charge in [0.25, 0.3) is 0 Å². The van der Waals surface area contributed by atoms with Gasteiger partial charge < -0.3 is 9.84 Å².